The van der Waals surface area contributed by atoms with Crippen molar-refractivity contribution >= 4 is 23.0 Å². The first-order valence-corrected chi connectivity index (χ1v) is 10.9. The maximum absolute atomic E-state index is 13.2. The highest BCUT2D eigenvalue weighted by atomic mass is 32.1. The lowest BCUT2D eigenvalue weighted by Crippen LogP contribution is -2.40. The molecular formula is C25H23F6N3S. The second-order valence-electron chi connectivity index (χ2n) is 8.10. The third-order valence-corrected chi connectivity index (χ3v) is 5.52. The number of benzene rings is 3. The van der Waals surface area contributed by atoms with Gasteiger partial charge in [-0.1, -0.05) is 60.7 Å². The average molecular weight is 512 g/mol. The lowest BCUT2D eigenvalue weighted by Gasteiger charge is -2.34. The van der Waals surface area contributed by atoms with Gasteiger partial charge in [-0.2, -0.15) is 26.3 Å². The molecule has 35 heavy (non-hydrogen) atoms. The maximum atomic E-state index is 13.2. The third kappa shape index (κ3) is 6.95. The van der Waals surface area contributed by atoms with Crippen molar-refractivity contribution in [3.8, 4) is 0 Å². The number of hydrogen-bond acceptors (Lipinski definition) is 2. The zero-order valence-electron chi connectivity index (χ0n) is 18.8. The molecule has 0 radical (unpaired) electrons. The fourth-order valence-electron chi connectivity index (χ4n) is 3.78. The van der Waals surface area contributed by atoms with Crippen LogP contribution < -0.4 is 10.6 Å². The Bertz CT molecular complexity index is 1100. The van der Waals surface area contributed by atoms with E-state index < -0.39 is 35.2 Å². The zero-order chi connectivity index (χ0) is 25.8. The summed E-state index contributed by atoms with van der Waals surface area (Å²) in [6, 6.07) is 19.3. The van der Waals surface area contributed by atoms with Gasteiger partial charge in [-0.3, -0.25) is 0 Å². The molecule has 0 spiro atoms. The van der Waals surface area contributed by atoms with E-state index in [1.807, 2.05) is 79.7 Å². The molecule has 0 aliphatic carbocycles. The second kappa shape index (κ2) is 10.7. The van der Waals surface area contributed by atoms with E-state index in [1.54, 1.807) is 0 Å². The van der Waals surface area contributed by atoms with E-state index in [-0.39, 0.29) is 17.2 Å². The molecule has 10 heteroatoms. The molecule has 3 rings (SSSR count). The molecule has 0 unspecified atom stereocenters. The van der Waals surface area contributed by atoms with Crippen LogP contribution in [-0.4, -0.2) is 24.1 Å². The molecule has 3 nitrogen and oxygen atoms in total. The second-order valence-corrected chi connectivity index (χ2v) is 8.51. The Kier molecular flexibility index (Phi) is 8.07. The van der Waals surface area contributed by atoms with Gasteiger partial charge < -0.3 is 15.5 Å². The van der Waals surface area contributed by atoms with Gasteiger partial charge in [0.05, 0.1) is 23.2 Å². The number of halogens is 6. The SMILES string of the molecule is CN(C)[C@H](c1ccccc1)[C@@H](NC(=S)Nc1cc(C(F)(F)F)cc(C(F)(F)F)c1)c1ccccc1. The van der Waals surface area contributed by atoms with Gasteiger partial charge in [0.25, 0.3) is 0 Å². The number of hydrogen-bond donors (Lipinski definition) is 2. The summed E-state index contributed by atoms with van der Waals surface area (Å²) in [6.45, 7) is 0. The first-order valence-electron chi connectivity index (χ1n) is 10.5. The predicted molar refractivity (Wildman–Crippen MR) is 128 cm³/mol. The van der Waals surface area contributed by atoms with Crippen LogP contribution in [0.4, 0.5) is 32.0 Å². The minimum atomic E-state index is -4.96. The van der Waals surface area contributed by atoms with Crippen molar-refractivity contribution in [2.75, 3.05) is 19.4 Å². The van der Waals surface area contributed by atoms with Crippen LogP contribution in [-0.2, 0) is 12.4 Å². The summed E-state index contributed by atoms with van der Waals surface area (Å²) in [4.78, 5) is 1.95. The van der Waals surface area contributed by atoms with Crippen molar-refractivity contribution in [3.05, 3.63) is 101 Å². The molecule has 0 aliphatic heterocycles. The molecule has 0 bridgehead atoms. The molecule has 0 aromatic heterocycles. The molecule has 0 amide bonds. The van der Waals surface area contributed by atoms with Crippen LogP contribution in [0.1, 0.15) is 34.3 Å². The van der Waals surface area contributed by atoms with Crippen LogP contribution in [0.3, 0.4) is 0 Å². The first-order chi connectivity index (χ1) is 16.4. The summed E-state index contributed by atoms with van der Waals surface area (Å²) in [7, 11) is 3.74. The molecule has 0 fully saturated rings. The van der Waals surface area contributed by atoms with E-state index in [2.05, 4.69) is 10.6 Å². The smallest absolute Gasteiger partial charge is 0.354 e. The van der Waals surface area contributed by atoms with Crippen LogP contribution in [0, 0.1) is 0 Å². The molecule has 0 saturated heterocycles. The van der Waals surface area contributed by atoms with E-state index in [9.17, 15) is 26.3 Å². The van der Waals surface area contributed by atoms with Crippen LogP contribution in [0.15, 0.2) is 78.9 Å². The van der Waals surface area contributed by atoms with Gasteiger partial charge >= 0.3 is 12.4 Å². The van der Waals surface area contributed by atoms with Crippen molar-refractivity contribution < 1.29 is 26.3 Å². The van der Waals surface area contributed by atoms with Crippen LogP contribution >= 0.6 is 12.2 Å². The topological polar surface area (TPSA) is 27.3 Å². The minimum Gasteiger partial charge on any atom is -0.354 e. The van der Waals surface area contributed by atoms with Gasteiger partial charge in [0.1, 0.15) is 0 Å². The molecular weight excluding hydrogens is 488 g/mol. The number of alkyl halides is 6. The third-order valence-electron chi connectivity index (χ3n) is 5.30. The van der Waals surface area contributed by atoms with Crippen LogP contribution in [0.5, 0.6) is 0 Å². The summed E-state index contributed by atoms with van der Waals surface area (Å²) in [5.74, 6) is 0. The van der Waals surface area contributed by atoms with Gasteiger partial charge in [-0.25, -0.2) is 0 Å². The molecule has 0 aliphatic rings. The van der Waals surface area contributed by atoms with E-state index in [4.69, 9.17) is 12.2 Å². The monoisotopic (exact) mass is 511 g/mol. The Morgan fingerprint density at radius 3 is 1.63 bits per heavy atom. The van der Waals surface area contributed by atoms with E-state index in [0.717, 1.165) is 11.1 Å². The highest BCUT2D eigenvalue weighted by Crippen LogP contribution is 2.38. The molecule has 186 valence electrons. The van der Waals surface area contributed by atoms with Gasteiger partial charge in [0.2, 0.25) is 0 Å². The summed E-state index contributed by atoms with van der Waals surface area (Å²) in [6.07, 6.45) is -9.91. The standard InChI is InChI=1S/C25H23F6N3S/c1-34(2)22(17-11-7-4-8-12-17)21(16-9-5-3-6-10-16)33-23(35)32-20-14-18(24(26,27)28)13-19(15-20)25(29,30)31/h3-15,21-22H,1-2H3,(H2,32,33,35)/t21-,22+/m0/s1. The Hall–Kier alpha value is -3.11. The van der Waals surface area contributed by atoms with E-state index in [0.29, 0.717) is 12.1 Å². The highest BCUT2D eigenvalue weighted by molar-refractivity contribution is 7.80. The van der Waals surface area contributed by atoms with Gasteiger partial charge in [-0.05, 0) is 55.6 Å². The lowest BCUT2D eigenvalue weighted by molar-refractivity contribution is -0.143. The molecule has 3 aromatic carbocycles. The predicted octanol–water partition coefficient (Wildman–Crippen LogP) is 7.05. The van der Waals surface area contributed by atoms with Gasteiger partial charge in [0, 0.05) is 5.69 Å². The van der Waals surface area contributed by atoms with Crippen LogP contribution in [0.2, 0.25) is 0 Å². The molecule has 3 aromatic rings. The highest BCUT2D eigenvalue weighted by Gasteiger charge is 2.37. The van der Waals surface area contributed by atoms with Crippen molar-refractivity contribution in [3.63, 3.8) is 0 Å². The fourth-order valence-corrected chi connectivity index (χ4v) is 4.02. The summed E-state index contributed by atoms with van der Waals surface area (Å²) < 4.78 is 79.4. The van der Waals surface area contributed by atoms with E-state index >= 15 is 0 Å². The number of rotatable bonds is 6. The Morgan fingerprint density at radius 2 is 1.20 bits per heavy atom. The summed E-state index contributed by atoms with van der Waals surface area (Å²) in [5, 5.41) is 5.49. The average Bonchev–Trinajstić information content (AvgIpc) is 2.78. The summed E-state index contributed by atoms with van der Waals surface area (Å²) >= 11 is 5.34. The number of nitrogens with one attached hydrogen (secondary N) is 2. The number of likely N-dealkylation sites (N-methyl/N-ethyl adjacent to an activating group) is 1. The number of thiocarbonyl (C=S) groups is 1. The van der Waals surface area contributed by atoms with Crippen LogP contribution in [0.25, 0.3) is 0 Å². The number of anilines is 1. The first kappa shape index (κ1) is 26.5. The quantitative estimate of drug-likeness (QED) is 0.274. The maximum Gasteiger partial charge on any atom is 0.416 e. The van der Waals surface area contributed by atoms with Gasteiger partial charge in [-0.15, -0.1) is 0 Å². The van der Waals surface area contributed by atoms with E-state index in [1.165, 1.54) is 0 Å². The Morgan fingerprint density at radius 1 is 0.743 bits per heavy atom. The fraction of sp³-hybridized carbons (Fsp3) is 0.240. The largest absolute Gasteiger partial charge is 0.416 e. The Balaban J connectivity index is 1.96. The lowest BCUT2D eigenvalue weighted by atomic mass is 9.92. The normalized spacial score (nSPS) is 13.9. The van der Waals surface area contributed by atoms with Gasteiger partial charge in [0.15, 0.2) is 5.11 Å². The molecule has 2 atom stereocenters. The van der Waals surface area contributed by atoms with Crippen molar-refractivity contribution in [1.82, 2.24) is 10.2 Å². The van der Waals surface area contributed by atoms with Crippen molar-refractivity contribution in [2.45, 2.75) is 24.4 Å². The van der Waals surface area contributed by atoms with Crippen molar-refractivity contribution in [1.29, 1.82) is 0 Å². The summed E-state index contributed by atoms with van der Waals surface area (Å²) in [5.41, 5.74) is -1.49. The minimum absolute atomic E-state index is 0.0753. The molecule has 0 saturated carbocycles. The molecule has 2 N–H and O–H groups in total. The van der Waals surface area contributed by atoms with Crippen molar-refractivity contribution in [2.24, 2.45) is 0 Å². The number of nitrogens with zero attached hydrogens (tertiary/aromatic N) is 1. The zero-order valence-corrected chi connectivity index (χ0v) is 19.6. The Labute approximate surface area is 204 Å². The molecule has 0 heterocycles.